The molecular formula is C27H49N3OS2. The number of likely N-dealkylation sites (N-methyl/N-ethyl adjacent to an activating group) is 2. The summed E-state index contributed by atoms with van der Waals surface area (Å²) >= 11 is 4.95. The van der Waals surface area contributed by atoms with Crippen LogP contribution in [0, 0.1) is 5.92 Å². The van der Waals surface area contributed by atoms with Gasteiger partial charge in [-0.15, -0.1) is 20.9 Å². The number of rotatable bonds is 11. The van der Waals surface area contributed by atoms with Gasteiger partial charge in [-0.25, -0.2) is 0 Å². The van der Waals surface area contributed by atoms with Crippen LogP contribution in [0.5, 0.6) is 0 Å². The van der Waals surface area contributed by atoms with Crippen molar-refractivity contribution in [2.45, 2.75) is 60.4 Å². The lowest BCUT2D eigenvalue weighted by Gasteiger charge is -2.41. The van der Waals surface area contributed by atoms with E-state index in [1.165, 1.54) is 28.2 Å². The Balaban J connectivity index is 3.72. The van der Waals surface area contributed by atoms with Gasteiger partial charge in [0, 0.05) is 43.8 Å². The highest BCUT2D eigenvalue weighted by Crippen LogP contribution is 2.50. The van der Waals surface area contributed by atoms with Gasteiger partial charge in [0.2, 0.25) is 0 Å². The zero-order chi connectivity index (χ0) is 25.3. The van der Waals surface area contributed by atoms with Crippen LogP contribution in [0.15, 0.2) is 59.2 Å². The standard InChI is InChI=1S/C27H49N3OS2/c1-12-21(4)17-26(28(8)14-3)23(6)18-25(30-15-16-31-20-24(30)7)19-27(22(5)13-2)29(9)33(10,11)32/h14,17-19,21,24,32H,3,12-13,15-16,20H2,1-2,4-11H3/b23-18+,25-19+,26-17-,27-22+. The van der Waals surface area contributed by atoms with Crippen LogP contribution in [0.2, 0.25) is 0 Å². The third-order valence-electron chi connectivity index (χ3n) is 6.47. The van der Waals surface area contributed by atoms with Crippen molar-refractivity contribution in [1.29, 1.82) is 0 Å². The molecule has 0 aromatic heterocycles. The van der Waals surface area contributed by atoms with Gasteiger partial charge in [-0.1, -0.05) is 39.8 Å². The Kier molecular flexibility index (Phi) is 12.3. The van der Waals surface area contributed by atoms with E-state index in [9.17, 15) is 0 Å². The Bertz CT molecular complexity index is 777. The molecule has 1 fully saturated rings. The largest absolute Gasteiger partial charge is 0.377 e. The van der Waals surface area contributed by atoms with Crippen LogP contribution in [0.4, 0.5) is 0 Å². The van der Waals surface area contributed by atoms with Gasteiger partial charge in [-0.05, 0) is 75.1 Å². The number of morpholine rings is 1. The van der Waals surface area contributed by atoms with Crippen LogP contribution >= 0.6 is 20.9 Å². The number of hydrogen-bond donors (Lipinski definition) is 1. The van der Waals surface area contributed by atoms with Crippen molar-refractivity contribution in [2.24, 2.45) is 5.92 Å². The molecule has 1 rings (SSSR count). The maximum atomic E-state index is 5.76. The lowest BCUT2D eigenvalue weighted by molar-refractivity contribution is 0.0187. The normalized spacial score (nSPS) is 20.9. The number of ether oxygens (including phenoxy) is 1. The van der Waals surface area contributed by atoms with E-state index in [0.29, 0.717) is 12.0 Å². The Morgan fingerprint density at radius 1 is 1.24 bits per heavy atom. The summed E-state index contributed by atoms with van der Waals surface area (Å²) in [7, 11) is 3.05. The molecule has 190 valence electrons. The molecule has 4 nitrogen and oxygen atoms in total. The lowest BCUT2D eigenvalue weighted by Crippen LogP contribution is -2.42. The average molecular weight is 496 g/mol. The van der Waals surface area contributed by atoms with Crippen molar-refractivity contribution < 1.29 is 4.74 Å². The summed E-state index contributed by atoms with van der Waals surface area (Å²) in [4.78, 5) is 4.61. The SMILES string of the molecule is C=CN(C)C(=C\C(C)CC)/C(C)=C/C(=C\C(=C(\C)CC)N(C)S(C)(C)S)N1CCOCC1C. The van der Waals surface area contributed by atoms with Gasteiger partial charge < -0.3 is 18.8 Å². The minimum atomic E-state index is -1.20. The fourth-order valence-corrected chi connectivity index (χ4v) is 4.63. The van der Waals surface area contributed by atoms with E-state index in [4.69, 9.17) is 16.4 Å². The second kappa shape index (κ2) is 13.6. The Labute approximate surface area is 211 Å². The Morgan fingerprint density at radius 2 is 1.88 bits per heavy atom. The summed E-state index contributed by atoms with van der Waals surface area (Å²) in [5, 5.41) is 0. The highest BCUT2D eigenvalue weighted by atomic mass is 33.1. The fraction of sp³-hybridized carbons (Fsp3) is 0.630. The second-order valence-corrected chi connectivity index (χ2v) is 15.2. The predicted molar refractivity (Wildman–Crippen MR) is 154 cm³/mol. The van der Waals surface area contributed by atoms with Crippen molar-refractivity contribution in [1.82, 2.24) is 14.1 Å². The molecule has 33 heavy (non-hydrogen) atoms. The summed E-state index contributed by atoms with van der Waals surface area (Å²) in [6.07, 6.45) is 15.5. The van der Waals surface area contributed by atoms with Crippen LogP contribution in [0.1, 0.15) is 54.4 Å². The van der Waals surface area contributed by atoms with Crippen LogP contribution < -0.4 is 0 Å². The van der Waals surface area contributed by atoms with Gasteiger partial charge in [0.1, 0.15) is 0 Å². The molecular weight excluding hydrogens is 446 g/mol. The van der Waals surface area contributed by atoms with Crippen molar-refractivity contribution in [3.63, 3.8) is 0 Å². The van der Waals surface area contributed by atoms with Crippen LogP contribution in [0.3, 0.4) is 0 Å². The van der Waals surface area contributed by atoms with E-state index < -0.39 is 9.25 Å². The first kappa shape index (κ1) is 29.8. The first-order valence-electron chi connectivity index (χ1n) is 12.1. The minimum absolute atomic E-state index is 0.318. The lowest BCUT2D eigenvalue weighted by atomic mass is 10.0. The van der Waals surface area contributed by atoms with Crippen LogP contribution in [-0.4, -0.2) is 66.5 Å². The molecule has 0 amide bonds. The first-order valence-corrected chi connectivity index (χ1v) is 15.5. The maximum Gasteiger partial charge on any atom is 0.0668 e. The molecule has 0 saturated carbocycles. The Hall–Kier alpha value is -1.24. The molecule has 0 aromatic carbocycles. The van der Waals surface area contributed by atoms with E-state index in [0.717, 1.165) is 32.6 Å². The van der Waals surface area contributed by atoms with Crippen molar-refractivity contribution in [3.8, 4) is 0 Å². The van der Waals surface area contributed by atoms with E-state index in [-0.39, 0.29) is 0 Å². The number of nitrogens with zero attached hydrogens (tertiary/aromatic N) is 3. The van der Waals surface area contributed by atoms with Crippen molar-refractivity contribution in [2.75, 3.05) is 46.4 Å². The van der Waals surface area contributed by atoms with Gasteiger partial charge in [0.15, 0.2) is 0 Å². The molecule has 1 aliphatic rings. The monoisotopic (exact) mass is 495 g/mol. The van der Waals surface area contributed by atoms with Crippen molar-refractivity contribution in [3.05, 3.63) is 59.2 Å². The molecule has 0 aliphatic carbocycles. The summed E-state index contributed by atoms with van der Waals surface area (Å²) in [6.45, 7) is 19.8. The number of thiol groups is 1. The third kappa shape index (κ3) is 8.80. The third-order valence-corrected chi connectivity index (χ3v) is 8.74. The minimum Gasteiger partial charge on any atom is -0.377 e. The van der Waals surface area contributed by atoms with Crippen LogP contribution in [-0.2, 0) is 4.74 Å². The van der Waals surface area contributed by atoms with Gasteiger partial charge in [0.05, 0.1) is 13.2 Å². The van der Waals surface area contributed by atoms with Gasteiger partial charge >= 0.3 is 0 Å². The number of hydrogen-bond acceptors (Lipinski definition) is 5. The highest BCUT2D eigenvalue weighted by Gasteiger charge is 2.23. The molecule has 2 unspecified atom stereocenters. The zero-order valence-corrected chi connectivity index (χ0v) is 24.5. The molecule has 1 saturated heterocycles. The van der Waals surface area contributed by atoms with Gasteiger partial charge in [-0.2, -0.15) is 0 Å². The average Bonchev–Trinajstić information content (AvgIpc) is 2.78. The van der Waals surface area contributed by atoms with Crippen molar-refractivity contribution >= 4 is 20.9 Å². The van der Waals surface area contributed by atoms with E-state index in [1.54, 1.807) is 0 Å². The molecule has 0 aromatic rings. The fourth-order valence-electron chi connectivity index (χ4n) is 3.67. The highest BCUT2D eigenvalue weighted by molar-refractivity contribution is 8.86. The number of allylic oxidation sites excluding steroid dienone is 5. The molecule has 0 N–H and O–H groups in total. The summed E-state index contributed by atoms with van der Waals surface area (Å²) < 4.78 is 8.12. The second-order valence-electron chi connectivity index (χ2n) is 9.48. The molecule has 0 spiro atoms. The topological polar surface area (TPSA) is 19.0 Å². The molecule has 1 heterocycles. The molecule has 1 aliphatic heterocycles. The molecule has 0 radical (unpaired) electrons. The summed E-state index contributed by atoms with van der Waals surface area (Å²) in [6, 6.07) is 0.318. The predicted octanol–water partition coefficient (Wildman–Crippen LogP) is 6.98. The molecule has 2 atom stereocenters. The zero-order valence-electron chi connectivity index (χ0n) is 22.8. The van der Waals surface area contributed by atoms with E-state index in [1.807, 2.05) is 6.20 Å². The van der Waals surface area contributed by atoms with Gasteiger partial charge in [0.25, 0.3) is 0 Å². The summed E-state index contributed by atoms with van der Waals surface area (Å²) in [5.74, 6) is 0.498. The quantitative estimate of drug-likeness (QED) is 0.189. The smallest absolute Gasteiger partial charge is 0.0668 e. The molecule has 0 bridgehead atoms. The van der Waals surface area contributed by atoms with E-state index >= 15 is 0 Å². The molecule has 6 heteroatoms. The summed E-state index contributed by atoms with van der Waals surface area (Å²) in [5.41, 5.74) is 6.29. The van der Waals surface area contributed by atoms with E-state index in [2.05, 4.69) is 107 Å². The van der Waals surface area contributed by atoms with Gasteiger partial charge in [-0.3, -0.25) is 0 Å². The first-order chi connectivity index (χ1) is 15.4. The Morgan fingerprint density at radius 3 is 2.36 bits per heavy atom. The van der Waals surface area contributed by atoms with Crippen LogP contribution in [0.25, 0.3) is 0 Å². The maximum absolute atomic E-state index is 5.76.